The fourth-order valence-electron chi connectivity index (χ4n) is 3.10. The number of hydrogen-bond donors (Lipinski definition) is 3. The Bertz CT molecular complexity index is 766. The molecule has 0 amide bonds. The van der Waals surface area contributed by atoms with E-state index in [-0.39, 0.29) is 29.4 Å². The zero-order valence-corrected chi connectivity index (χ0v) is 16.9. The average molecular weight is 438 g/mol. The molecule has 0 aromatic heterocycles. The lowest BCUT2D eigenvalue weighted by Crippen LogP contribution is -2.73. The number of aliphatic hydroxyl groups is 1. The lowest BCUT2D eigenvalue weighted by molar-refractivity contribution is -0.292. The van der Waals surface area contributed by atoms with E-state index in [0.29, 0.717) is 0 Å². The van der Waals surface area contributed by atoms with Gasteiger partial charge in [-0.2, -0.15) is 13.2 Å². The number of halogens is 3. The number of rotatable bonds is 6. The molecule has 1 aliphatic rings. The van der Waals surface area contributed by atoms with Gasteiger partial charge in [-0.15, -0.1) is 0 Å². The fraction of sp³-hybridized carbons (Fsp3) is 0.529. The lowest BCUT2D eigenvalue weighted by Gasteiger charge is -2.45. The van der Waals surface area contributed by atoms with Crippen molar-refractivity contribution in [1.29, 1.82) is 0 Å². The molecule has 12 heteroatoms. The van der Waals surface area contributed by atoms with Gasteiger partial charge in [-0.05, 0) is 36.8 Å². The minimum Gasteiger partial charge on any atom is -0.493 e. The van der Waals surface area contributed by atoms with Crippen LogP contribution in [0.3, 0.4) is 0 Å². The number of methoxy groups -OCH3 is 3. The van der Waals surface area contributed by atoms with E-state index in [9.17, 15) is 23.1 Å². The zero-order valence-electron chi connectivity index (χ0n) is 16.0. The van der Waals surface area contributed by atoms with Crippen molar-refractivity contribution in [3.63, 3.8) is 0 Å². The molecule has 0 saturated carbocycles. The van der Waals surface area contributed by atoms with Crippen LogP contribution >= 0.6 is 12.2 Å². The first-order chi connectivity index (χ1) is 13.5. The molecule has 0 unspecified atom stereocenters. The van der Waals surface area contributed by atoms with Crippen molar-refractivity contribution in [2.45, 2.75) is 24.9 Å². The number of alkyl halides is 3. The Labute approximate surface area is 170 Å². The average Bonchev–Trinajstić information content (AvgIpc) is 2.65. The van der Waals surface area contributed by atoms with Gasteiger partial charge in [0.15, 0.2) is 16.6 Å². The minimum atomic E-state index is -5.24. The van der Waals surface area contributed by atoms with Gasteiger partial charge in [0.2, 0.25) is 5.75 Å². The van der Waals surface area contributed by atoms with E-state index in [1.165, 1.54) is 40.4 Å². The summed E-state index contributed by atoms with van der Waals surface area (Å²) in [5, 5.41) is 14.3. The van der Waals surface area contributed by atoms with Crippen molar-refractivity contribution in [3.05, 3.63) is 17.7 Å². The second-order valence-electron chi connectivity index (χ2n) is 6.03. The zero-order chi connectivity index (χ0) is 22.0. The summed E-state index contributed by atoms with van der Waals surface area (Å²) in [6.45, 7) is 1.25. The van der Waals surface area contributed by atoms with Crippen LogP contribution < -0.4 is 24.8 Å². The summed E-state index contributed by atoms with van der Waals surface area (Å²) in [6.07, 6.45) is -5.24. The summed E-state index contributed by atoms with van der Waals surface area (Å²) in [4.78, 5) is 12.5. The number of nitrogens with one attached hydrogen (secondary N) is 2. The molecule has 3 N–H and O–H groups in total. The third-order valence-electron chi connectivity index (χ3n) is 4.39. The highest BCUT2D eigenvalue weighted by molar-refractivity contribution is 7.80. The topological polar surface area (TPSA) is 98.3 Å². The van der Waals surface area contributed by atoms with Crippen LogP contribution in [0.1, 0.15) is 18.5 Å². The number of carbonyl (C=O) groups is 1. The van der Waals surface area contributed by atoms with Crippen molar-refractivity contribution in [3.8, 4) is 17.2 Å². The molecule has 1 fully saturated rings. The largest absolute Gasteiger partial charge is 0.493 e. The molecule has 1 aromatic carbocycles. The summed E-state index contributed by atoms with van der Waals surface area (Å²) in [6, 6.07) is 1.30. The van der Waals surface area contributed by atoms with E-state index in [4.69, 9.17) is 31.2 Å². The van der Waals surface area contributed by atoms with Gasteiger partial charge in [0.1, 0.15) is 5.92 Å². The summed E-state index contributed by atoms with van der Waals surface area (Å²) in [5.74, 6) is -2.91. The smallest absolute Gasteiger partial charge is 0.437 e. The van der Waals surface area contributed by atoms with Crippen LogP contribution in [0.2, 0.25) is 0 Å². The highest BCUT2D eigenvalue weighted by Gasteiger charge is 2.66. The molecule has 162 valence electrons. The predicted octanol–water partition coefficient (Wildman–Crippen LogP) is 1.66. The standard InChI is InChI=1S/C17H21F3N2O6S/c1-5-28-14(23)11-12(21-15(29)22-16(11,24)17(18,19)20)8-6-9(25-2)13(27-4)10(7-8)26-3/h6-7,11-12,24H,5H2,1-4H3,(H2,21,22,29)/t11-,12-,16-/m0/s1. The van der Waals surface area contributed by atoms with Gasteiger partial charge in [-0.3, -0.25) is 4.79 Å². The Hall–Kier alpha value is -2.47. The fourth-order valence-corrected chi connectivity index (χ4v) is 3.38. The van der Waals surface area contributed by atoms with Crippen LogP contribution in [0.25, 0.3) is 0 Å². The maximum Gasteiger partial charge on any atom is 0.437 e. The van der Waals surface area contributed by atoms with Crippen molar-refractivity contribution in [2.24, 2.45) is 5.92 Å². The first-order valence-corrected chi connectivity index (χ1v) is 8.79. The number of carbonyl (C=O) groups excluding carboxylic acids is 1. The Kier molecular flexibility index (Phi) is 6.68. The van der Waals surface area contributed by atoms with Crippen LogP contribution in [0.15, 0.2) is 12.1 Å². The number of thiocarbonyl (C=S) groups is 1. The lowest BCUT2D eigenvalue weighted by atomic mass is 9.82. The Morgan fingerprint density at radius 3 is 2.17 bits per heavy atom. The van der Waals surface area contributed by atoms with E-state index in [2.05, 4.69) is 5.32 Å². The van der Waals surface area contributed by atoms with Gasteiger partial charge in [0, 0.05) is 0 Å². The molecular formula is C17H21F3N2O6S. The third-order valence-corrected chi connectivity index (χ3v) is 4.61. The molecule has 29 heavy (non-hydrogen) atoms. The molecule has 0 radical (unpaired) electrons. The van der Waals surface area contributed by atoms with Gasteiger partial charge in [0.05, 0.1) is 34.0 Å². The molecule has 0 spiro atoms. The second kappa shape index (κ2) is 8.49. The highest BCUT2D eigenvalue weighted by Crippen LogP contribution is 2.46. The van der Waals surface area contributed by atoms with Gasteiger partial charge in [0.25, 0.3) is 5.72 Å². The SMILES string of the molecule is CCOC(=O)[C@@H]1[C@H](c2cc(OC)c(OC)c(OC)c2)NC(=S)N[C@@]1(O)C(F)(F)F. The minimum absolute atomic E-state index is 0.129. The van der Waals surface area contributed by atoms with Crippen LogP contribution in [0, 0.1) is 5.92 Å². The normalized spacial score (nSPS) is 24.2. The molecule has 1 aliphatic heterocycles. The summed E-state index contributed by atoms with van der Waals surface area (Å²) in [5.41, 5.74) is -3.53. The summed E-state index contributed by atoms with van der Waals surface area (Å²) >= 11 is 4.85. The predicted molar refractivity (Wildman–Crippen MR) is 98.8 cm³/mol. The van der Waals surface area contributed by atoms with Gasteiger partial charge in [-0.25, -0.2) is 0 Å². The van der Waals surface area contributed by atoms with Gasteiger partial charge < -0.3 is 34.7 Å². The van der Waals surface area contributed by atoms with Crippen LogP contribution in [0.5, 0.6) is 17.2 Å². The molecule has 2 rings (SSSR count). The van der Waals surface area contributed by atoms with Crippen molar-refractivity contribution in [1.82, 2.24) is 10.6 Å². The van der Waals surface area contributed by atoms with Gasteiger partial charge in [-0.1, -0.05) is 0 Å². The van der Waals surface area contributed by atoms with E-state index in [1.54, 1.807) is 5.32 Å². The Morgan fingerprint density at radius 2 is 1.76 bits per heavy atom. The quantitative estimate of drug-likeness (QED) is 0.453. The third kappa shape index (κ3) is 4.13. The summed E-state index contributed by atoms with van der Waals surface area (Å²) in [7, 11) is 4.02. The molecule has 0 aliphatic carbocycles. The van der Waals surface area contributed by atoms with Crippen LogP contribution in [-0.2, 0) is 9.53 Å². The number of ether oxygens (including phenoxy) is 4. The second-order valence-corrected chi connectivity index (χ2v) is 6.44. The highest BCUT2D eigenvalue weighted by atomic mass is 32.1. The van der Waals surface area contributed by atoms with E-state index < -0.39 is 34.9 Å². The molecule has 3 atom stereocenters. The van der Waals surface area contributed by atoms with E-state index in [1.807, 2.05) is 0 Å². The Balaban J connectivity index is 2.70. The molecule has 1 saturated heterocycles. The molecular weight excluding hydrogens is 417 g/mol. The monoisotopic (exact) mass is 438 g/mol. The number of hydrogen-bond acceptors (Lipinski definition) is 7. The first-order valence-electron chi connectivity index (χ1n) is 8.38. The van der Waals surface area contributed by atoms with E-state index in [0.717, 1.165) is 0 Å². The maximum absolute atomic E-state index is 13.8. The molecule has 1 aromatic rings. The molecule has 0 bridgehead atoms. The van der Waals surface area contributed by atoms with Crippen molar-refractivity contribution in [2.75, 3.05) is 27.9 Å². The summed E-state index contributed by atoms with van der Waals surface area (Å²) < 4.78 is 61.8. The van der Waals surface area contributed by atoms with Crippen LogP contribution in [0.4, 0.5) is 13.2 Å². The number of benzene rings is 1. The molecule has 1 heterocycles. The van der Waals surface area contributed by atoms with Crippen LogP contribution in [-0.4, -0.2) is 56.0 Å². The Morgan fingerprint density at radius 1 is 1.21 bits per heavy atom. The van der Waals surface area contributed by atoms with Crippen molar-refractivity contribution >= 4 is 23.3 Å². The number of esters is 1. The molecule has 8 nitrogen and oxygen atoms in total. The van der Waals surface area contributed by atoms with Crippen molar-refractivity contribution < 1.29 is 42.0 Å². The van der Waals surface area contributed by atoms with E-state index >= 15 is 0 Å². The maximum atomic E-state index is 13.8. The van der Waals surface area contributed by atoms with Gasteiger partial charge >= 0.3 is 12.1 Å². The first kappa shape index (κ1) is 22.8.